The van der Waals surface area contributed by atoms with Crippen molar-refractivity contribution in [1.82, 2.24) is 19.4 Å². The maximum absolute atomic E-state index is 12.1. The number of rotatable bonds is 5. The molecular formula is C29H32ClN5O2. The number of halogens is 1. The summed E-state index contributed by atoms with van der Waals surface area (Å²) in [7, 11) is 2.19. The maximum atomic E-state index is 12.1. The summed E-state index contributed by atoms with van der Waals surface area (Å²) in [5.41, 5.74) is 7.03. The summed E-state index contributed by atoms with van der Waals surface area (Å²) in [5.74, 6) is 0.781. The Labute approximate surface area is 222 Å². The zero-order valence-electron chi connectivity index (χ0n) is 21.5. The van der Waals surface area contributed by atoms with Gasteiger partial charge in [0.1, 0.15) is 5.02 Å². The van der Waals surface area contributed by atoms with Crippen LogP contribution in [0.2, 0.25) is 5.02 Å². The number of benzene rings is 1. The summed E-state index contributed by atoms with van der Waals surface area (Å²) in [6, 6.07) is 4.49. The molecule has 1 aromatic carbocycles. The second kappa shape index (κ2) is 8.99. The second-order valence-corrected chi connectivity index (χ2v) is 11.5. The number of nitrogens with zero attached hydrogens (tertiary/aromatic N) is 4. The van der Waals surface area contributed by atoms with Crippen LogP contribution >= 0.6 is 11.6 Å². The first-order chi connectivity index (χ1) is 17.7. The molecule has 8 heteroatoms. The number of allylic oxidation sites excluding steroid dienone is 1. The quantitative estimate of drug-likeness (QED) is 0.441. The number of carboxylic acids is 1. The largest absolute Gasteiger partial charge is 0.481 e. The molecule has 0 saturated heterocycles. The van der Waals surface area contributed by atoms with Crippen molar-refractivity contribution in [3.8, 4) is 5.82 Å². The molecule has 0 fully saturated rings. The van der Waals surface area contributed by atoms with Gasteiger partial charge in [-0.15, -0.1) is 0 Å². The molecule has 0 bridgehead atoms. The third-order valence-corrected chi connectivity index (χ3v) is 8.40. The highest BCUT2D eigenvalue weighted by atomic mass is 35.5. The Morgan fingerprint density at radius 1 is 1.24 bits per heavy atom. The standard InChI is InChI=1S/C29H32ClN5O2/c1-29(2,27(36)37)22-16-35(24-10-5-4-9-21(22)24)26-23(30)13-31-28(33-26)32-20-11-17-7-6-8-18-14-34(3)15-19(12-20)25(17)18/h4,9,11-13,16,18H,5-8,10,14-15H2,1-3H3,(H,36,37)(H,31,32,33). The summed E-state index contributed by atoms with van der Waals surface area (Å²) >= 11 is 6.63. The lowest BCUT2D eigenvalue weighted by atomic mass is 9.77. The van der Waals surface area contributed by atoms with Crippen LogP contribution in [0.5, 0.6) is 0 Å². The van der Waals surface area contributed by atoms with E-state index in [1.54, 1.807) is 25.6 Å². The molecule has 3 heterocycles. The van der Waals surface area contributed by atoms with Crippen molar-refractivity contribution >= 4 is 35.3 Å². The Balaban J connectivity index is 1.39. The number of aromatic nitrogens is 3. The van der Waals surface area contributed by atoms with Gasteiger partial charge in [0.05, 0.1) is 11.6 Å². The monoisotopic (exact) mass is 517 g/mol. The molecule has 3 aliphatic rings. The molecule has 6 rings (SSSR count). The fraction of sp³-hybridized carbons (Fsp3) is 0.414. The fourth-order valence-corrected chi connectivity index (χ4v) is 6.44. The van der Waals surface area contributed by atoms with Crippen LogP contribution in [-0.2, 0) is 29.6 Å². The number of nitrogens with one attached hydrogen (secondary N) is 1. The lowest BCUT2D eigenvalue weighted by molar-refractivity contribution is -0.142. The number of aryl methyl sites for hydroxylation is 1. The Morgan fingerprint density at radius 2 is 2.05 bits per heavy atom. The molecule has 0 saturated carbocycles. The van der Waals surface area contributed by atoms with Crippen molar-refractivity contribution in [2.75, 3.05) is 18.9 Å². The third kappa shape index (κ3) is 4.14. The average Bonchev–Trinajstić information content (AvgIpc) is 3.25. The molecular weight excluding hydrogens is 486 g/mol. The van der Waals surface area contributed by atoms with Crippen molar-refractivity contribution in [3.63, 3.8) is 0 Å². The Bertz CT molecular complexity index is 1440. The molecule has 7 nitrogen and oxygen atoms in total. The van der Waals surface area contributed by atoms with E-state index in [-0.39, 0.29) is 0 Å². The second-order valence-electron chi connectivity index (χ2n) is 11.1. The summed E-state index contributed by atoms with van der Waals surface area (Å²) in [5, 5.41) is 13.8. The highest BCUT2D eigenvalue weighted by molar-refractivity contribution is 6.32. The molecule has 1 atom stereocenters. The normalized spacial score (nSPS) is 18.9. The minimum atomic E-state index is -1.05. The van der Waals surface area contributed by atoms with Gasteiger partial charge in [0.25, 0.3) is 0 Å². The first-order valence-corrected chi connectivity index (χ1v) is 13.4. The predicted molar refractivity (Wildman–Crippen MR) is 146 cm³/mol. The fourth-order valence-electron chi connectivity index (χ4n) is 6.25. The molecule has 2 aromatic heterocycles. The lowest BCUT2D eigenvalue weighted by Gasteiger charge is -2.37. The van der Waals surface area contributed by atoms with Gasteiger partial charge < -0.3 is 19.9 Å². The first kappa shape index (κ1) is 24.2. The molecule has 2 N–H and O–H groups in total. The van der Waals surface area contributed by atoms with E-state index < -0.39 is 11.4 Å². The van der Waals surface area contributed by atoms with E-state index in [0.29, 0.717) is 22.7 Å². The van der Waals surface area contributed by atoms with Gasteiger partial charge in [-0.25, -0.2) is 4.98 Å². The number of hydrogen-bond donors (Lipinski definition) is 2. The predicted octanol–water partition coefficient (Wildman–Crippen LogP) is 5.85. The number of aliphatic carboxylic acids is 1. The van der Waals surface area contributed by atoms with Crippen LogP contribution in [0.15, 0.2) is 30.6 Å². The number of likely N-dealkylation sites (N-methyl/N-ethyl adjacent to an activating group) is 1. The van der Waals surface area contributed by atoms with Gasteiger partial charge in [-0.05, 0) is 98.9 Å². The van der Waals surface area contributed by atoms with Crippen molar-refractivity contribution in [1.29, 1.82) is 0 Å². The topological polar surface area (TPSA) is 83.3 Å². The Kier molecular flexibility index (Phi) is 5.88. The van der Waals surface area contributed by atoms with Crippen molar-refractivity contribution in [2.24, 2.45) is 0 Å². The summed E-state index contributed by atoms with van der Waals surface area (Å²) in [6.07, 6.45) is 12.9. The zero-order valence-corrected chi connectivity index (χ0v) is 22.3. The molecule has 0 amide bonds. The van der Waals surface area contributed by atoms with Crippen molar-refractivity contribution < 1.29 is 9.90 Å². The maximum Gasteiger partial charge on any atom is 0.313 e. The van der Waals surface area contributed by atoms with Gasteiger partial charge >= 0.3 is 5.97 Å². The minimum Gasteiger partial charge on any atom is -0.481 e. The van der Waals surface area contributed by atoms with Gasteiger partial charge in [-0.2, -0.15) is 4.98 Å². The Morgan fingerprint density at radius 3 is 2.86 bits per heavy atom. The number of carboxylic acid groups (broad SMARTS) is 1. The van der Waals surface area contributed by atoms with E-state index in [1.807, 2.05) is 16.8 Å². The molecule has 2 aliphatic carbocycles. The van der Waals surface area contributed by atoms with E-state index in [9.17, 15) is 9.90 Å². The number of carbonyl (C=O) groups is 1. The van der Waals surface area contributed by atoms with Crippen LogP contribution in [0.4, 0.5) is 11.6 Å². The third-order valence-electron chi connectivity index (χ3n) is 8.13. The van der Waals surface area contributed by atoms with Crippen LogP contribution in [0, 0.1) is 0 Å². The van der Waals surface area contributed by atoms with Crippen molar-refractivity contribution in [3.05, 3.63) is 69.1 Å². The summed E-state index contributed by atoms with van der Waals surface area (Å²) in [4.78, 5) is 23.8. The van der Waals surface area contributed by atoms with Gasteiger partial charge in [0.15, 0.2) is 5.82 Å². The van der Waals surface area contributed by atoms with E-state index in [4.69, 9.17) is 16.6 Å². The Hall–Kier alpha value is -3.16. The van der Waals surface area contributed by atoms with E-state index in [2.05, 4.69) is 40.5 Å². The molecule has 1 unspecified atom stereocenters. The SMILES string of the molecule is CN1Cc2cc(Nc3ncc(Cl)c(-n4cc(C(C)(C)C(=O)O)c5c4CCC=C5)n3)cc3c2C(CCC3)C1. The molecule has 37 heavy (non-hydrogen) atoms. The molecule has 3 aromatic rings. The van der Waals surface area contributed by atoms with Crippen LogP contribution in [-0.4, -0.2) is 44.1 Å². The molecule has 0 radical (unpaired) electrons. The van der Waals surface area contributed by atoms with Crippen LogP contribution < -0.4 is 5.32 Å². The summed E-state index contributed by atoms with van der Waals surface area (Å²) in [6.45, 7) is 5.55. The van der Waals surface area contributed by atoms with Crippen LogP contribution in [0.3, 0.4) is 0 Å². The zero-order chi connectivity index (χ0) is 25.9. The van der Waals surface area contributed by atoms with Gasteiger partial charge in [0.2, 0.25) is 5.95 Å². The van der Waals surface area contributed by atoms with Crippen LogP contribution in [0.1, 0.15) is 72.5 Å². The number of fused-ring (bicyclic) bond motifs is 1. The first-order valence-electron chi connectivity index (χ1n) is 13.0. The molecule has 0 spiro atoms. The highest BCUT2D eigenvalue weighted by Gasteiger charge is 2.35. The molecule has 1 aliphatic heterocycles. The number of hydrogen-bond acceptors (Lipinski definition) is 5. The lowest BCUT2D eigenvalue weighted by Crippen LogP contribution is -2.33. The minimum absolute atomic E-state index is 0.419. The van der Waals surface area contributed by atoms with E-state index >= 15 is 0 Å². The van der Waals surface area contributed by atoms with Gasteiger partial charge in [-0.3, -0.25) is 4.79 Å². The highest BCUT2D eigenvalue weighted by Crippen LogP contribution is 2.41. The average molecular weight is 518 g/mol. The van der Waals surface area contributed by atoms with Crippen LogP contribution in [0.25, 0.3) is 11.9 Å². The van der Waals surface area contributed by atoms with E-state index in [1.165, 1.54) is 24.0 Å². The smallest absolute Gasteiger partial charge is 0.313 e. The van der Waals surface area contributed by atoms with Gasteiger partial charge in [0, 0.05) is 30.7 Å². The molecule has 192 valence electrons. The summed E-state index contributed by atoms with van der Waals surface area (Å²) < 4.78 is 1.95. The van der Waals surface area contributed by atoms with E-state index in [0.717, 1.165) is 54.9 Å². The number of anilines is 2. The van der Waals surface area contributed by atoms with Gasteiger partial charge in [-0.1, -0.05) is 23.8 Å². The van der Waals surface area contributed by atoms with Crippen molar-refractivity contribution in [2.45, 2.75) is 63.8 Å².